The highest BCUT2D eigenvalue weighted by atomic mass is 19.1. The number of anilines is 1. The first-order chi connectivity index (χ1) is 8.66. The molecule has 0 spiro atoms. The first-order valence-corrected chi connectivity index (χ1v) is 5.63. The van der Waals surface area contributed by atoms with E-state index in [9.17, 15) is 9.18 Å². The van der Waals surface area contributed by atoms with E-state index in [2.05, 4.69) is 10.3 Å². The number of benzene rings is 1. The Balaban J connectivity index is 2.09. The number of pyridine rings is 1. The second-order valence-electron chi connectivity index (χ2n) is 4.01. The Bertz CT molecular complexity index is 543. The number of nitrogens with zero attached hydrogens (tertiary/aromatic N) is 1. The van der Waals surface area contributed by atoms with E-state index in [-0.39, 0.29) is 11.8 Å². The number of carbonyl (C=O) groups excluding carboxylic acids is 1. The van der Waals surface area contributed by atoms with Gasteiger partial charge in [0.05, 0.1) is 24.0 Å². The molecule has 0 saturated carbocycles. The molecule has 18 heavy (non-hydrogen) atoms. The lowest BCUT2D eigenvalue weighted by Crippen LogP contribution is -2.18. The van der Waals surface area contributed by atoms with Crippen LogP contribution in [0.4, 0.5) is 10.1 Å². The number of aromatic nitrogens is 1. The highest BCUT2D eigenvalue weighted by Gasteiger charge is 2.15. The molecule has 1 aromatic carbocycles. The van der Waals surface area contributed by atoms with Crippen molar-refractivity contribution in [1.29, 1.82) is 0 Å². The summed E-state index contributed by atoms with van der Waals surface area (Å²) in [6, 6.07) is 10.7. The molecule has 92 valence electrons. The molecule has 3 nitrogen and oxygen atoms in total. The molecule has 0 aliphatic carbocycles. The van der Waals surface area contributed by atoms with Gasteiger partial charge in [-0.15, -0.1) is 0 Å². The van der Waals surface area contributed by atoms with Crippen molar-refractivity contribution in [1.82, 2.24) is 4.98 Å². The number of nitrogens with one attached hydrogen (secondary N) is 1. The van der Waals surface area contributed by atoms with Crippen LogP contribution in [0, 0.1) is 5.82 Å². The number of carbonyl (C=O) groups is 1. The van der Waals surface area contributed by atoms with Crippen molar-refractivity contribution >= 4 is 11.6 Å². The van der Waals surface area contributed by atoms with Crippen molar-refractivity contribution in [3.63, 3.8) is 0 Å². The molecule has 1 heterocycles. The molecular formula is C14H13FN2O. The smallest absolute Gasteiger partial charge is 0.231 e. The molecule has 4 heteroatoms. The number of amides is 1. The van der Waals surface area contributed by atoms with Gasteiger partial charge in [-0.3, -0.25) is 9.78 Å². The molecule has 0 aliphatic heterocycles. The second kappa shape index (κ2) is 5.40. The maximum absolute atomic E-state index is 12.9. The zero-order valence-corrected chi connectivity index (χ0v) is 9.93. The van der Waals surface area contributed by atoms with Crippen molar-refractivity contribution < 1.29 is 9.18 Å². The Morgan fingerprint density at radius 2 is 2.00 bits per heavy atom. The van der Waals surface area contributed by atoms with Crippen molar-refractivity contribution in [2.24, 2.45) is 0 Å². The van der Waals surface area contributed by atoms with E-state index in [1.54, 1.807) is 6.92 Å². The summed E-state index contributed by atoms with van der Waals surface area (Å²) in [5, 5.41) is 2.64. The summed E-state index contributed by atoms with van der Waals surface area (Å²) in [6.45, 7) is 1.80. The van der Waals surface area contributed by atoms with Gasteiger partial charge in [-0.25, -0.2) is 4.39 Å². The first-order valence-electron chi connectivity index (χ1n) is 5.63. The Kier molecular flexibility index (Phi) is 3.67. The van der Waals surface area contributed by atoms with Crippen LogP contribution >= 0.6 is 0 Å². The number of hydrogen-bond donors (Lipinski definition) is 1. The van der Waals surface area contributed by atoms with E-state index in [1.165, 1.54) is 12.3 Å². The molecule has 1 unspecified atom stereocenters. The van der Waals surface area contributed by atoms with Crippen LogP contribution in [0.25, 0.3) is 0 Å². The van der Waals surface area contributed by atoms with Crippen LogP contribution in [-0.4, -0.2) is 10.9 Å². The normalized spacial score (nSPS) is 11.9. The quantitative estimate of drug-likeness (QED) is 0.901. The van der Waals surface area contributed by atoms with Gasteiger partial charge in [0.1, 0.15) is 5.82 Å². The fraction of sp³-hybridized carbons (Fsp3) is 0.143. The van der Waals surface area contributed by atoms with E-state index in [0.717, 1.165) is 11.8 Å². The Morgan fingerprint density at radius 3 is 2.67 bits per heavy atom. The van der Waals surface area contributed by atoms with Gasteiger partial charge in [-0.1, -0.05) is 30.3 Å². The van der Waals surface area contributed by atoms with Gasteiger partial charge in [0.15, 0.2) is 0 Å². The van der Waals surface area contributed by atoms with Crippen LogP contribution in [0.15, 0.2) is 48.8 Å². The summed E-state index contributed by atoms with van der Waals surface area (Å²) in [7, 11) is 0. The fourth-order valence-electron chi connectivity index (χ4n) is 1.62. The van der Waals surface area contributed by atoms with Crippen molar-refractivity contribution in [3.8, 4) is 0 Å². The molecule has 1 amide bonds. The van der Waals surface area contributed by atoms with Gasteiger partial charge < -0.3 is 5.32 Å². The van der Waals surface area contributed by atoms with E-state index in [4.69, 9.17) is 0 Å². The van der Waals surface area contributed by atoms with Crippen molar-refractivity contribution in [2.45, 2.75) is 12.8 Å². The third kappa shape index (κ3) is 2.91. The van der Waals surface area contributed by atoms with E-state index in [1.807, 2.05) is 30.3 Å². The number of rotatable bonds is 3. The van der Waals surface area contributed by atoms with Gasteiger partial charge in [0, 0.05) is 6.07 Å². The zero-order valence-electron chi connectivity index (χ0n) is 9.93. The van der Waals surface area contributed by atoms with Gasteiger partial charge in [-0.2, -0.15) is 0 Å². The summed E-state index contributed by atoms with van der Waals surface area (Å²) in [5.41, 5.74) is 1.28. The van der Waals surface area contributed by atoms with Crippen molar-refractivity contribution in [2.75, 3.05) is 5.32 Å². The minimum Gasteiger partial charge on any atom is -0.324 e. The molecule has 0 aliphatic rings. The SMILES string of the molecule is CC(C(=O)Nc1cncc(F)c1)c1ccccc1. The standard InChI is InChI=1S/C14H13FN2O/c1-10(11-5-3-2-4-6-11)14(18)17-13-7-12(15)8-16-9-13/h2-10H,1H3,(H,17,18). The second-order valence-corrected chi connectivity index (χ2v) is 4.01. The van der Waals surface area contributed by atoms with Crippen LogP contribution < -0.4 is 5.32 Å². The average Bonchev–Trinajstić information content (AvgIpc) is 2.39. The predicted molar refractivity (Wildman–Crippen MR) is 67.7 cm³/mol. The van der Waals surface area contributed by atoms with Crippen LogP contribution in [-0.2, 0) is 4.79 Å². The predicted octanol–water partition coefficient (Wildman–Crippen LogP) is 2.96. The van der Waals surface area contributed by atoms with E-state index < -0.39 is 5.82 Å². The molecular weight excluding hydrogens is 231 g/mol. The lowest BCUT2D eigenvalue weighted by molar-refractivity contribution is -0.117. The molecule has 2 aromatic rings. The number of halogens is 1. The third-order valence-corrected chi connectivity index (χ3v) is 2.67. The molecule has 2 rings (SSSR count). The highest BCUT2D eigenvalue weighted by molar-refractivity contribution is 5.95. The Morgan fingerprint density at radius 1 is 1.28 bits per heavy atom. The molecule has 0 saturated heterocycles. The van der Waals surface area contributed by atoms with E-state index in [0.29, 0.717) is 5.69 Å². The molecule has 0 fully saturated rings. The third-order valence-electron chi connectivity index (χ3n) is 2.67. The van der Waals surface area contributed by atoms with Crippen LogP contribution in [0.5, 0.6) is 0 Å². The largest absolute Gasteiger partial charge is 0.324 e. The summed E-state index contributed by atoms with van der Waals surface area (Å²) in [4.78, 5) is 15.6. The summed E-state index contributed by atoms with van der Waals surface area (Å²) in [6.07, 6.45) is 2.51. The average molecular weight is 244 g/mol. The topological polar surface area (TPSA) is 42.0 Å². The highest BCUT2D eigenvalue weighted by Crippen LogP contribution is 2.17. The minimum absolute atomic E-state index is 0.186. The fourth-order valence-corrected chi connectivity index (χ4v) is 1.62. The first kappa shape index (κ1) is 12.2. The molecule has 1 atom stereocenters. The molecule has 0 bridgehead atoms. The summed E-state index contributed by atoms with van der Waals surface area (Å²) in [5.74, 6) is -0.955. The zero-order chi connectivity index (χ0) is 13.0. The molecule has 0 radical (unpaired) electrons. The van der Waals surface area contributed by atoms with Crippen LogP contribution in [0.3, 0.4) is 0 Å². The van der Waals surface area contributed by atoms with Crippen LogP contribution in [0.2, 0.25) is 0 Å². The minimum atomic E-state index is -0.472. The lowest BCUT2D eigenvalue weighted by Gasteiger charge is -2.12. The molecule has 1 aromatic heterocycles. The summed E-state index contributed by atoms with van der Waals surface area (Å²) >= 11 is 0. The molecule has 1 N–H and O–H groups in total. The van der Waals surface area contributed by atoms with Crippen LogP contribution in [0.1, 0.15) is 18.4 Å². The van der Waals surface area contributed by atoms with Gasteiger partial charge in [-0.05, 0) is 12.5 Å². The van der Waals surface area contributed by atoms with Gasteiger partial charge in [0.2, 0.25) is 5.91 Å². The Hall–Kier alpha value is -2.23. The maximum Gasteiger partial charge on any atom is 0.231 e. The van der Waals surface area contributed by atoms with Crippen molar-refractivity contribution in [3.05, 3.63) is 60.2 Å². The Labute approximate surface area is 105 Å². The maximum atomic E-state index is 12.9. The van der Waals surface area contributed by atoms with E-state index >= 15 is 0 Å². The summed E-state index contributed by atoms with van der Waals surface area (Å²) < 4.78 is 12.9. The van der Waals surface area contributed by atoms with Gasteiger partial charge in [0.25, 0.3) is 0 Å². The lowest BCUT2D eigenvalue weighted by atomic mass is 10.0. The van der Waals surface area contributed by atoms with Gasteiger partial charge >= 0.3 is 0 Å². The monoisotopic (exact) mass is 244 g/mol. The number of hydrogen-bond acceptors (Lipinski definition) is 2.